The molecule has 240 valence electrons. The second-order valence-corrected chi connectivity index (χ2v) is 14.4. The molecule has 51 heavy (non-hydrogen) atoms. The fourth-order valence-electron chi connectivity index (χ4n) is 7.99. The van der Waals surface area contributed by atoms with E-state index in [0.717, 1.165) is 44.1 Å². The summed E-state index contributed by atoms with van der Waals surface area (Å²) in [5, 5.41) is 5.19. The van der Waals surface area contributed by atoms with Crippen molar-refractivity contribution in [2.45, 2.75) is 16.1 Å². The molecule has 0 radical (unpaired) electrons. The first kappa shape index (κ1) is 28.6. The molecule has 3 aromatic heterocycles. The molecule has 2 aliphatic rings. The van der Waals surface area contributed by atoms with Gasteiger partial charge in [0.1, 0.15) is 0 Å². The van der Waals surface area contributed by atoms with Crippen molar-refractivity contribution in [3.05, 3.63) is 169 Å². The molecule has 0 fully saturated rings. The van der Waals surface area contributed by atoms with Crippen LogP contribution in [0.25, 0.3) is 78.0 Å². The average molecular weight is 672 g/mol. The van der Waals surface area contributed by atoms with Gasteiger partial charge in [0.25, 0.3) is 0 Å². The Balaban J connectivity index is 1.20. The van der Waals surface area contributed by atoms with Gasteiger partial charge >= 0.3 is 0 Å². The van der Waals surface area contributed by atoms with Gasteiger partial charge in [-0.2, -0.15) is 9.97 Å². The van der Waals surface area contributed by atoms with E-state index in [9.17, 15) is 0 Å². The van der Waals surface area contributed by atoms with E-state index in [-0.39, 0.29) is 0 Å². The number of hydrogen-bond donors (Lipinski definition) is 0. The van der Waals surface area contributed by atoms with Crippen LogP contribution < -0.4 is 0 Å². The lowest BCUT2D eigenvalue weighted by Gasteiger charge is -2.15. The highest BCUT2D eigenvalue weighted by atomic mass is 32.2. The van der Waals surface area contributed by atoms with E-state index < -0.39 is 0 Å². The van der Waals surface area contributed by atoms with Gasteiger partial charge in [0.05, 0.1) is 22.1 Å². The van der Waals surface area contributed by atoms with Gasteiger partial charge in [-0.05, 0) is 54.1 Å². The van der Waals surface area contributed by atoms with Crippen LogP contribution in [0, 0.1) is 0 Å². The van der Waals surface area contributed by atoms with Crippen LogP contribution in [0.3, 0.4) is 0 Å². The summed E-state index contributed by atoms with van der Waals surface area (Å²) in [4.78, 5) is 17.0. The largest absolute Gasteiger partial charge is 0.309 e. The van der Waals surface area contributed by atoms with Crippen LogP contribution >= 0.6 is 11.8 Å². The highest BCUT2D eigenvalue weighted by Gasteiger charge is 2.31. The van der Waals surface area contributed by atoms with Gasteiger partial charge in [0.15, 0.2) is 11.6 Å². The summed E-state index contributed by atoms with van der Waals surface area (Å²) >= 11 is 1.93. The quantitative estimate of drug-likeness (QED) is 0.187. The first-order valence-electron chi connectivity index (χ1n) is 17.3. The van der Waals surface area contributed by atoms with E-state index in [1.165, 1.54) is 26.7 Å². The summed E-state index contributed by atoms with van der Waals surface area (Å²) in [6.45, 7) is 0. The maximum absolute atomic E-state index is 5.30. The normalized spacial score (nSPS) is 16.4. The molecule has 1 aliphatic carbocycles. The van der Waals surface area contributed by atoms with Crippen LogP contribution in [0.1, 0.15) is 11.5 Å². The van der Waals surface area contributed by atoms with Crippen LogP contribution in [0.2, 0.25) is 0 Å². The number of fused-ring (bicyclic) bond motifs is 9. The summed E-state index contributed by atoms with van der Waals surface area (Å²) < 4.78 is 4.59. The van der Waals surface area contributed by atoms with Gasteiger partial charge in [-0.15, -0.1) is 11.8 Å². The molecule has 1 aliphatic heterocycles. The Morgan fingerprint density at radius 2 is 1.10 bits per heavy atom. The van der Waals surface area contributed by atoms with Gasteiger partial charge in [-0.3, -0.25) is 4.57 Å². The monoisotopic (exact) mass is 671 g/mol. The molecule has 4 heterocycles. The molecule has 0 bridgehead atoms. The number of aromatic nitrogens is 5. The fraction of sp³-hybridized carbons (Fsp3) is 0.0444. The first-order valence-corrected chi connectivity index (χ1v) is 18.2. The third-order valence-electron chi connectivity index (χ3n) is 10.3. The lowest BCUT2D eigenvalue weighted by atomic mass is 9.91. The second kappa shape index (κ2) is 11.1. The summed E-state index contributed by atoms with van der Waals surface area (Å²) in [5.41, 5.74) is 8.82. The van der Waals surface area contributed by atoms with Gasteiger partial charge in [0.2, 0.25) is 5.95 Å². The van der Waals surface area contributed by atoms with Crippen LogP contribution in [0.5, 0.6) is 0 Å². The maximum atomic E-state index is 5.30. The van der Waals surface area contributed by atoms with Gasteiger partial charge in [-0.1, -0.05) is 115 Å². The number of nitrogens with zero attached hydrogens (tertiary/aromatic N) is 5. The molecule has 6 heteroatoms. The van der Waals surface area contributed by atoms with Crippen LogP contribution in [0.15, 0.2) is 169 Å². The van der Waals surface area contributed by atoms with E-state index in [1.807, 2.05) is 30.0 Å². The van der Waals surface area contributed by atoms with Crippen molar-refractivity contribution in [3.63, 3.8) is 0 Å². The lowest BCUT2D eigenvalue weighted by molar-refractivity contribution is 0.880. The summed E-state index contributed by atoms with van der Waals surface area (Å²) in [7, 11) is 0. The van der Waals surface area contributed by atoms with E-state index in [2.05, 4.69) is 155 Å². The summed E-state index contributed by atoms with van der Waals surface area (Å²) in [6, 6.07) is 49.5. The third-order valence-corrected chi connectivity index (χ3v) is 11.7. The zero-order chi connectivity index (χ0) is 33.5. The summed E-state index contributed by atoms with van der Waals surface area (Å²) in [6.07, 6.45) is 8.94. The molecule has 6 aromatic carbocycles. The number of hydrogen-bond acceptors (Lipinski definition) is 4. The molecule has 0 N–H and O–H groups in total. The minimum Gasteiger partial charge on any atom is -0.309 e. The standard InChI is InChI=1S/C45H29N5S/c1-3-13-28(14-4-1)43-46-44(29-23-24-42-36(25-29)33-19-9-12-22-41(33)51-42)48-45(47-43)50-38-21-11-8-18-32(38)35-26-34-31-17-7-10-20-37(31)49(39(34)27-40(35)50)30-15-5-2-6-16-30/h1-27,33,41H. The molecule has 9 aromatic rings. The van der Waals surface area contributed by atoms with Gasteiger partial charge < -0.3 is 4.57 Å². The van der Waals surface area contributed by atoms with Crippen LogP contribution in [0.4, 0.5) is 0 Å². The second-order valence-electron chi connectivity index (χ2n) is 13.2. The first-order chi connectivity index (χ1) is 25.3. The highest BCUT2D eigenvalue weighted by Crippen LogP contribution is 2.49. The third kappa shape index (κ3) is 4.40. The topological polar surface area (TPSA) is 48.5 Å². The maximum Gasteiger partial charge on any atom is 0.238 e. The van der Waals surface area contributed by atoms with E-state index in [4.69, 9.17) is 15.0 Å². The SMILES string of the molecule is C1=CC2Sc3ccc(-c4nc(-c5ccccc5)nc(-n5c6ccccc6c6cc7c8ccccc8n(-c8ccccc8)c7cc65)n4)cc3C2C=C1. The van der Waals surface area contributed by atoms with Crippen molar-refractivity contribution in [1.29, 1.82) is 0 Å². The molecule has 11 rings (SSSR count). The van der Waals surface area contributed by atoms with Crippen molar-refractivity contribution in [2.75, 3.05) is 0 Å². The molecule has 2 unspecified atom stereocenters. The van der Waals surface area contributed by atoms with Crippen molar-refractivity contribution in [3.8, 4) is 34.4 Å². The molecule has 0 amide bonds. The number of para-hydroxylation sites is 3. The van der Waals surface area contributed by atoms with Crippen LogP contribution in [-0.2, 0) is 0 Å². The fourth-order valence-corrected chi connectivity index (χ4v) is 9.32. The minimum absolute atomic E-state index is 0.348. The Kier molecular flexibility index (Phi) is 6.24. The zero-order valence-electron chi connectivity index (χ0n) is 27.4. The number of allylic oxidation sites excluding steroid dienone is 3. The number of thioether (sulfide) groups is 1. The molecule has 5 nitrogen and oxygen atoms in total. The number of rotatable bonds is 4. The Morgan fingerprint density at radius 1 is 0.471 bits per heavy atom. The van der Waals surface area contributed by atoms with Crippen molar-refractivity contribution in [1.82, 2.24) is 24.1 Å². The Hall–Kier alpha value is -6.24. The molecule has 2 atom stereocenters. The smallest absolute Gasteiger partial charge is 0.238 e. The predicted molar refractivity (Wildman–Crippen MR) is 210 cm³/mol. The van der Waals surface area contributed by atoms with Crippen molar-refractivity contribution in [2.24, 2.45) is 0 Å². The minimum atomic E-state index is 0.348. The summed E-state index contributed by atoms with van der Waals surface area (Å²) in [5.74, 6) is 2.26. The van der Waals surface area contributed by atoms with Gasteiger partial charge in [-0.25, -0.2) is 4.98 Å². The Labute approximate surface area is 298 Å². The van der Waals surface area contributed by atoms with Crippen LogP contribution in [-0.4, -0.2) is 29.3 Å². The average Bonchev–Trinajstić information content (AvgIpc) is 3.84. The van der Waals surface area contributed by atoms with E-state index in [1.54, 1.807) is 0 Å². The molecule has 0 spiro atoms. The van der Waals surface area contributed by atoms with E-state index >= 15 is 0 Å². The molecule has 0 saturated heterocycles. The Morgan fingerprint density at radius 3 is 1.86 bits per heavy atom. The van der Waals surface area contributed by atoms with Crippen molar-refractivity contribution >= 4 is 55.4 Å². The highest BCUT2D eigenvalue weighted by molar-refractivity contribution is 8.00. The van der Waals surface area contributed by atoms with E-state index in [0.29, 0.717) is 28.8 Å². The lowest BCUT2D eigenvalue weighted by Crippen LogP contribution is -2.08. The zero-order valence-corrected chi connectivity index (χ0v) is 28.2. The number of benzene rings is 6. The Bertz CT molecular complexity index is 2900. The molecule has 0 saturated carbocycles. The molecular weight excluding hydrogens is 643 g/mol. The van der Waals surface area contributed by atoms with Crippen molar-refractivity contribution < 1.29 is 0 Å². The van der Waals surface area contributed by atoms with Gasteiger partial charge in [0, 0.05) is 54.4 Å². The molecular formula is C45H29N5S. The predicted octanol–water partition coefficient (Wildman–Crippen LogP) is 11.1.